The standard InChI is InChI=1S/C19H19ClN2O3S/c1-12-3-6-14(7-4-12)21-17-10-26(24,25)11-18(17)22(19(21)23)15-8-5-13(2)16(20)9-15/h3-9,17-18H,10-11H2,1-2H3/t17-,18+/m0/s1. The molecule has 0 saturated carbocycles. The fraction of sp³-hybridized carbons (Fsp3) is 0.316. The Kier molecular flexibility index (Phi) is 4.00. The number of nitrogens with zero attached hydrogens (tertiary/aromatic N) is 2. The van der Waals surface area contributed by atoms with Crippen LogP contribution < -0.4 is 9.80 Å². The molecule has 7 heteroatoms. The van der Waals surface area contributed by atoms with E-state index in [9.17, 15) is 13.2 Å². The van der Waals surface area contributed by atoms with Crippen LogP contribution in [-0.2, 0) is 9.84 Å². The predicted octanol–water partition coefficient (Wildman–Crippen LogP) is 3.57. The number of fused-ring (bicyclic) bond motifs is 1. The van der Waals surface area contributed by atoms with E-state index < -0.39 is 21.9 Å². The van der Waals surface area contributed by atoms with Gasteiger partial charge in [0, 0.05) is 16.4 Å². The Morgan fingerprint density at radius 3 is 2.04 bits per heavy atom. The van der Waals surface area contributed by atoms with Crippen LogP contribution >= 0.6 is 11.6 Å². The van der Waals surface area contributed by atoms with Crippen molar-refractivity contribution in [2.24, 2.45) is 0 Å². The van der Waals surface area contributed by atoms with E-state index in [1.807, 2.05) is 50.2 Å². The fourth-order valence-corrected chi connectivity index (χ4v) is 5.84. The Morgan fingerprint density at radius 1 is 0.923 bits per heavy atom. The highest BCUT2D eigenvalue weighted by molar-refractivity contribution is 7.91. The Bertz CT molecular complexity index is 988. The van der Waals surface area contributed by atoms with Crippen molar-refractivity contribution in [1.82, 2.24) is 0 Å². The van der Waals surface area contributed by atoms with Gasteiger partial charge in [-0.3, -0.25) is 9.80 Å². The normalized spacial score (nSPS) is 24.2. The molecule has 0 bridgehead atoms. The summed E-state index contributed by atoms with van der Waals surface area (Å²) in [5.41, 5.74) is 3.34. The summed E-state index contributed by atoms with van der Waals surface area (Å²) in [6, 6.07) is 12.0. The number of carbonyl (C=O) groups excluding carboxylic acids is 1. The second kappa shape index (κ2) is 5.99. The van der Waals surface area contributed by atoms with E-state index in [-0.39, 0.29) is 17.5 Å². The summed E-state index contributed by atoms with van der Waals surface area (Å²) < 4.78 is 24.6. The molecular weight excluding hydrogens is 372 g/mol. The minimum atomic E-state index is -3.21. The summed E-state index contributed by atoms with van der Waals surface area (Å²) >= 11 is 6.24. The largest absolute Gasteiger partial charge is 0.329 e. The first-order valence-corrected chi connectivity index (χ1v) is 10.6. The molecular formula is C19H19ClN2O3S. The van der Waals surface area contributed by atoms with Gasteiger partial charge in [-0.05, 0) is 43.7 Å². The molecule has 2 amide bonds. The van der Waals surface area contributed by atoms with Crippen LogP contribution in [0.15, 0.2) is 42.5 Å². The van der Waals surface area contributed by atoms with Gasteiger partial charge in [0.15, 0.2) is 9.84 Å². The summed E-state index contributed by atoms with van der Waals surface area (Å²) in [7, 11) is -3.21. The monoisotopic (exact) mass is 390 g/mol. The van der Waals surface area contributed by atoms with Gasteiger partial charge in [-0.2, -0.15) is 0 Å². The maximum absolute atomic E-state index is 13.2. The van der Waals surface area contributed by atoms with Gasteiger partial charge in [-0.25, -0.2) is 13.2 Å². The maximum Gasteiger partial charge on any atom is 0.329 e. The van der Waals surface area contributed by atoms with Crippen LogP contribution in [0.2, 0.25) is 5.02 Å². The van der Waals surface area contributed by atoms with Crippen molar-refractivity contribution in [2.75, 3.05) is 21.3 Å². The van der Waals surface area contributed by atoms with Gasteiger partial charge in [0.05, 0.1) is 23.6 Å². The second-order valence-electron chi connectivity index (χ2n) is 7.00. The van der Waals surface area contributed by atoms with Crippen LogP contribution in [-0.4, -0.2) is 38.0 Å². The van der Waals surface area contributed by atoms with E-state index in [1.54, 1.807) is 15.9 Å². The smallest absolute Gasteiger partial charge is 0.288 e. The molecule has 2 heterocycles. The van der Waals surface area contributed by atoms with Crippen molar-refractivity contribution in [1.29, 1.82) is 0 Å². The maximum atomic E-state index is 13.2. The SMILES string of the molecule is Cc1ccc(N2C(=O)N(c3ccc(C)c(Cl)c3)[C@@H]3CS(=O)(=O)C[C@@H]32)cc1. The van der Waals surface area contributed by atoms with Gasteiger partial charge in [0.25, 0.3) is 0 Å². The summed E-state index contributed by atoms with van der Waals surface area (Å²) in [4.78, 5) is 16.4. The van der Waals surface area contributed by atoms with Crippen molar-refractivity contribution < 1.29 is 13.2 Å². The topological polar surface area (TPSA) is 57.7 Å². The van der Waals surface area contributed by atoms with E-state index in [1.165, 1.54) is 0 Å². The fourth-order valence-electron chi connectivity index (χ4n) is 3.74. The molecule has 136 valence electrons. The molecule has 0 aliphatic carbocycles. The van der Waals surface area contributed by atoms with Crippen molar-refractivity contribution in [3.8, 4) is 0 Å². The molecule has 2 fully saturated rings. The highest BCUT2D eigenvalue weighted by Gasteiger charge is 2.54. The van der Waals surface area contributed by atoms with E-state index in [2.05, 4.69) is 0 Å². The predicted molar refractivity (Wildman–Crippen MR) is 104 cm³/mol. The molecule has 2 saturated heterocycles. The van der Waals surface area contributed by atoms with Crippen molar-refractivity contribution in [3.05, 3.63) is 58.6 Å². The molecule has 2 atom stereocenters. The molecule has 2 aromatic rings. The molecule has 2 aliphatic rings. The second-order valence-corrected chi connectivity index (χ2v) is 9.56. The molecule has 4 rings (SSSR count). The van der Waals surface area contributed by atoms with Gasteiger partial charge < -0.3 is 0 Å². The molecule has 0 aromatic heterocycles. The first-order chi connectivity index (χ1) is 12.3. The molecule has 0 spiro atoms. The van der Waals surface area contributed by atoms with E-state index in [0.29, 0.717) is 16.4 Å². The van der Waals surface area contributed by atoms with Gasteiger partial charge in [0.2, 0.25) is 0 Å². The average molecular weight is 391 g/mol. The molecule has 0 radical (unpaired) electrons. The highest BCUT2D eigenvalue weighted by atomic mass is 35.5. The lowest BCUT2D eigenvalue weighted by Crippen LogP contribution is -2.37. The number of anilines is 2. The zero-order valence-corrected chi connectivity index (χ0v) is 16.1. The lowest BCUT2D eigenvalue weighted by molar-refractivity contribution is 0.255. The van der Waals surface area contributed by atoms with E-state index in [0.717, 1.165) is 11.1 Å². The third kappa shape index (κ3) is 2.77. The third-order valence-electron chi connectivity index (χ3n) is 5.11. The molecule has 0 unspecified atom stereocenters. The van der Waals surface area contributed by atoms with Crippen molar-refractivity contribution >= 4 is 38.8 Å². The molecule has 0 N–H and O–H groups in total. The van der Waals surface area contributed by atoms with Gasteiger partial charge in [0.1, 0.15) is 0 Å². The zero-order valence-electron chi connectivity index (χ0n) is 14.5. The highest BCUT2D eigenvalue weighted by Crippen LogP contribution is 2.38. The Hall–Kier alpha value is -2.05. The number of benzene rings is 2. The number of amides is 2. The number of sulfone groups is 1. The van der Waals surface area contributed by atoms with Gasteiger partial charge >= 0.3 is 6.03 Å². The molecule has 2 aromatic carbocycles. The minimum absolute atomic E-state index is 0.0205. The number of halogens is 1. The van der Waals surface area contributed by atoms with Crippen LogP contribution in [0, 0.1) is 13.8 Å². The molecule has 26 heavy (non-hydrogen) atoms. The summed E-state index contributed by atoms with van der Waals surface area (Å²) in [5, 5.41) is 0.557. The van der Waals surface area contributed by atoms with Gasteiger partial charge in [-0.1, -0.05) is 35.4 Å². The Balaban J connectivity index is 1.81. The zero-order chi connectivity index (χ0) is 18.6. The first kappa shape index (κ1) is 17.4. The van der Waals surface area contributed by atoms with Crippen LogP contribution in [0.5, 0.6) is 0 Å². The van der Waals surface area contributed by atoms with Crippen molar-refractivity contribution in [2.45, 2.75) is 25.9 Å². The third-order valence-corrected chi connectivity index (χ3v) is 7.22. The number of rotatable bonds is 2. The summed E-state index contributed by atoms with van der Waals surface area (Å²) in [6.45, 7) is 3.86. The lowest BCUT2D eigenvalue weighted by atomic mass is 10.1. The molecule has 2 aliphatic heterocycles. The number of hydrogen-bond donors (Lipinski definition) is 0. The van der Waals surface area contributed by atoms with Crippen LogP contribution in [0.1, 0.15) is 11.1 Å². The van der Waals surface area contributed by atoms with Crippen LogP contribution in [0.25, 0.3) is 0 Å². The van der Waals surface area contributed by atoms with E-state index in [4.69, 9.17) is 11.6 Å². The van der Waals surface area contributed by atoms with Crippen LogP contribution in [0.4, 0.5) is 16.2 Å². The Labute approximate surface area is 158 Å². The Morgan fingerprint density at radius 2 is 1.46 bits per heavy atom. The van der Waals surface area contributed by atoms with Crippen LogP contribution in [0.3, 0.4) is 0 Å². The number of carbonyl (C=O) groups is 1. The lowest BCUT2D eigenvalue weighted by Gasteiger charge is -2.23. The first-order valence-electron chi connectivity index (χ1n) is 8.42. The summed E-state index contributed by atoms with van der Waals surface area (Å²) in [6.07, 6.45) is 0. The summed E-state index contributed by atoms with van der Waals surface area (Å²) in [5.74, 6) is -0.0510. The van der Waals surface area contributed by atoms with E-state index >= 15 is 0 Å². The van der Waals surface area contributed by atoms with Gasteiger partial charge in [-0.15, -0.1) is 0 Å². The average Bonchev–Trinajstić information content (AvgIpc) is 3.00. The number of aryl methyl sites for hydroxylation is 2. The van der Waals surface area contributed by atoms with Crippen molar-refractivity contribution in [3.63, 3.8) is 0 Å². The number of urea groups is 1. The minimum Gasteiger partial charge on any atom is -0.288 e. The number of hydrogen-bond acceptors (Lipinski definition) is 3. The molecule has 5 nitrogen and oxygen atoms in total. The quantitative estimate of drug-likeness (QED) is 0.736.